The smallest absolute Gasteiger partial charge is 0.407 e. The average molecular weight is 369 g/mol. The van der Waals surface area contributed by atoms with Gasteiger partial charge in [0.1, 0.15) is 5.60 Å². The Balaban J connectivity index is 1.71. The van der Waals surface area contributed by atoms with Crippen molar-refractivity contribution in [3.8, 4) is 0 Å². The minimum absolute atomic E-state index is 0.194. The summed E-state index contributed by atoms with van der Waals surface area (Å²) in [6, 6.07) is 8.64. The summed E-state index contributed by atoms with van der Waals surface area (Å²) in [4.78, 5) is 14.2. The molecular formula is C17H25BrN2O2. The number of hydrogen-bond acceptors (Lipinski definition) is 3. The third-order valence-corrected chi connectivity index (χ3v) is 4.15. The van der Waals surface area contributed by atoms with Crippen LogP contribution in [-0.4, -0.2) is 42.3 Å². The monoisotopic (exact) mass is 368 g/mol. The molecule has 1 N–H and O–H groups in total. The van der Waals surface area contributed by atoms with Crippen LogP contribution in [0.4, 0.5) is 4.79 Å². The summed E-state index contributed by atoms with van der Waals surface area (Å²) in [6.07, 6.45) is 1.71. The molecule has 1 saturated heterocycles. The molecule has 22 heavy (non-hydrogen) atoms. The van der Waals surface area contributed by atoms with Crippen LogP contribution in [-0.2, 0) is 11.2 Å². The fraction of sp³-hybridized carbons (Fsp3) is 0.588. The van der Waals surface area contributed by atoms with Crippen LogP contribution in [0, 0.1) is 0 Å². The number of nitrogens with zero attached hydrogens (tertiary/aromatic N) is 1. The summed E-state index contributed by atoms with van der Waals surface area (Å²) in [5.41, 5.74) is 0.899. The normalized spacial score (nSPS) is 19.2. The van der Waals surface area contributed by atoms with Crippen LogP contribution >= 0.6 is 15.9 Å². The lowest BCUT2D eigenvalue weighted by atomic mass is 10.1. The van der Waals surface area contributed by atoms with Crippen LogP contribution in [0.5, 0.6) is 0 Å². The maximum Gasteiger partial charge on any atom is 0.407 e. The first-order valence-electron chi connectivity index (χ1n) is 7.78. The predicted molar refractivity (Wildman–Crippen MR) is 92.1 cm³/mol. The first kappa shape index (κ1) is 17.3. The molecule has 1 heterocycles. The number of amides is 1. The maximum absolute atomic E-state index is 11.8. The second-order valence-corrected chi connectivity index (χ2v) is 7.72. The molecule has 0 bridgehead atoms. The highest BCUT2D eigenvalue weighted by molar-refractivity contribution is 9.10. The van der Waals surface area contributed by atoms with Crippen molar-refractivity contribution in [2.24, 2.45) is 0 Å². The zero-order valence-corrected chi connectivity index (χ0v) is 15.1. The topological polar surface area (TPSA) is 41.6 Å². The first-order chi connectivity index (χ1) is 10.3. The minimum Gasteiger partial charge on any atom is -0.444 e. The molecule has 1 aliphatic rings. The number of likely N-dealkylation sites (tertiary alicyclic amines) is 1. The molecule has 0 aliphatic carbocycles. The van der Waals surface area contributed by atoms with Gasteiger partial charge in [0.05, 0.1) is 0 Å². The van der Waals surface area contributed by atoms with E-state index in [2.05, 4.69) is 50.4 Å². The van der Waals surface area contributed by atoms with Gasteiger partial charge in [-0.2, -0.15) is 0 Å². The van der Waals surface area contributed by atoms with Gasteiger partial charge in [-0.05, 0) is 51.3 Å². The Morgan fingerprint density at radius 2 is 2.05 bits per heavy atom. The van der Waals surface area contributed by atoms with Gasteiger partial charge in [-0.1, -0.05) is 28.1 Å². The van der Waals surface area contributed by atoms with Crippen LogP contribution in [0.25, 0.3) is 0 Å². The highest BCUT2D eigenvalue weighted by Gasteiger charge is 2.25. The molecule has 1 aliphatic heterocycles. The van der Waals surface area contributed by atoms with Gasteiger partial charge in [0.15, 0.2) is 0 Å². The van der Waals surface area contributed by atoms with Crippen LogP contribution < -0.4 is 5.32 Å². The Bertz CT molecular complexity index is 496. The number of carbonyl (C=O) groups excluding carboxylic acids is 1. The maximum atomic E-state index is 11.8. The molecule has 0 aromatic heterocycles. The van der Waals surface area contributed by atoms with E-state index in [0.717, 1.165) is 36.9 Å². The van der Waals surface area contributed by atoms with E-state index in [0.29, 0.717) is 0 Å². The fourth-order valence-corrected chi connectivity index (χ4v) is 2.83. The SMILES string of the molecule is CC(C)(C)OC(=O)N[C@H]1CCN(CCc2ccc(Br)cc2)C1. The van der Waals surface area contributed by atoms with Gasteiger partial charge in [-0.3, -0.25) is 0 Å². The minimum atomic E-state index is -0.441. The molecule has 1 atom stereocenters. The van der Waals surface area contributed by atoms with Crippen molar-refractivity contribution in [1.82, 2.24) is 10.2 Å². The van der Waals surface area contributed by atoms with Crippen LogP contribution in [0.3, 0.4) is 0 Å². The van der Waals surface area contributed by atoms with Crippen molar-refractivity contribution >= 4 is 22.0 Å². The van der Waals surface area contributed by atoms with Crippen LogP contribution in [0.2, 0.25) is 0 Å². The Labute approximate surface area is 141 Å². The second-order valence-electron chi connectivity index (χ2n) is 6.81. The molecule has 0 spiro atoms. The molecule has 1 aromatic carbocycles. The van der Waals surface area contributed by atoms with Crippen LogP contribution in [0.15, 0.2) is 28.7 Å². The number of benzene rings is 1. The van der Waals surface area contributed by atoms with Gasteiger partial charge in [0.25, 0.3) is 0 Å². The lowest BCUT2D eigenvalue weighted by molar-refractivity contribution is 0.0506. The Morgan fingerprint density at radius 1 is 1.36 bits per heavy atom. The molecule has 4 nitrogen and oxygen atoms in total. The van der Waals surface area contributed by atoms with Crippen molar-refractivity contribution < 1.29 is 9.53 Å². The summed E-state index contributed by atoms with van der Waals surface area (Å²) in [6.45, 7) is 8.59. The number of hydrogen-bond donors (Lipinski definition) is 1. The molecule has 0 radical (unpaired) electrons. The van der Waals surface area contributed by atoms with Gasteiger partial charge in [-0.15, -0.1) is 0 Å². The second kappa shape index (κ2) is 7.47. The molecule has 1 fully saturated rings. The quantitative estimate of drug-likeness (QED) is 0.882. The molecule has 2 rings (SSSR count). The highest BCUT2D eigenvalue weighted by atomic mass is 79.9. The van der Waals surface area contributed by atoms with E-state index >= 15 is 0 Å². The van der Waals surface area contributed by atoms with Gasteiger partial charge in [-0.25, -0.2) is 4.79 Å². The summed E-state index contributed by atoms with van der Waals surface area (Å²) in [5, 5.41) is 2.96. The summed E-state index contributed by atoms with van der Waals surface area (Å²) < 4.78 is 6.41. The van der Waals surface area contributed by atoms with E-state index in [9.17, 15) is 4.79 Å². The zero-order chi connectivity index (χ0) is 16.2. The van der Waals surface area contributed by atoms with Crippen molar-refractivity contribution in [3.05, 3.63) is 34.3 Å². The van der Waals surface area contributed by atoms with Gasteiger partial charge in [0, 0.05) is 30.1 Å². The number of alkyl carbamates (subject to hydrolysis) is 1. The van der Waals surface area contributed by atoms with E-state index in [1.165, 1.54) is 5.56 Å². The molecular weight excluding hydrogens is 344 g/mol. The summed E-state index contributed by atoms with van der Waals surface area (Å²) in [7, 11) is 0. The first-order valence-corrected chi connectivity index (χ1v) is 8.57. The number of rotatable bonds is 4. The highest BCUT2D eigenvalue weighted by Crippen LogP contribution is 2.14. The Hall–Kier alpha value is -1.07. The molecule has 0 unspecified atom stereocenters. The summed E-state index contributed by atoms with van der Waals surface area (Å²) in [5.74, 6) is 0. The van der Waals surface area contributed by atoms with Gasteiger partial charge < -0.3 is 15.0 Å². The molecule has 1 amide bonds. The number of carbonyl (C=O) groups is 1. The van der Waals surface area contributed by atoms with E-state index < -0.39 is 5.60 Å². The predicted octanol–water partition coefficient (Wildman–Crippen LogP) is 3.59. The largest absolute Gasteiger partial charge is 0.444 e. The van der Waals surface area contributed by atoms with Gasteiger partial charge >= 0.3 is 6.09 Å². The summed E-state index contributed by atoms with van der Waals surface area (Å²) >= 11 is 3.45. The molecule has 122 valence electrons. The fourth-order valence-electron chi connectivity index (χ4n) is 2.57. The number of nitrogens with one attached hydrogen (secondary N) is 1. The van der Waals surface area contributed by atoms with Crippen molar-refractivity contribution in [2.75, 3.05) is 19.6 Å². The van der Waals surface area contributed by atoms with Crippen molar-refractivity contribution in [2.45, 2.75) is 45.3 Å². The molecule has 5 heteroatoms. The van der Waals surface area contributed by atoms with Crippen molar-refractivity contribution in [3.63, 3.8) is 0 Å². The van der Waals surface area contributed by atoms with Crippen molar-refractivity contribution in [1.29, 1.82) is 0 Å². The van der Waals surface area contributed by atoms with E-state index in [4.69, 9.17) is 4.74 Å². The van der Waals surface area contributed by atoms with Gasteiger partial charge in [0.2, 0.25) is 0 Å². The molecule has 0 saturated carbocycles. The van der Waals surface area contributed by atoms with Crippen LogP contribution in [0.1, 0.15) is 32.8 Å². The lowest BCUT2D eigenvalue weighted by Crippen LogP contribution is -2.40. The van der Waals surface area contributed by atoms with E-state index in [1.54, 1.807) is 0 Å². The third kappa shape index (κ3) is 5.97. The van der Waals surface area contributed by atoms with E-state index in [1.807, 2.05) is 20.8 Å². The number of halogens is 1. The standard InChI is InChI=1S/C17H25BrN2O2/c1-17(2,3)22-16(21)19-15-9-11-20(12-15)10-8-13-4-6-14(18)7-5-13/h4-7,15H,8-12H2,1-3H3,(H,19,21)/t15-/m0/s1. The Morgan fingerprint density at radius 3 is 2.68 bits per heavy atom. The zero-order valence-electron chi connectivity index (χ0n) is 13.6. The van der Waals surface area contributed by atoms with E-state index in [-0.39, 0.29) is 12.1 Å². The lowest BCUT2D eigenvalue weighted by Gasteiger charge is -2.22. The molecule has 1 aromatic rings. The average Bonchev–Trinajstić information content (AvgIpc) is 2.83. The number of ether oxygens (including phenoxy) is 1. The Kier molecular flexibility index (Phi) is 5.87. The third-order valence-electron chi connectivity index (χ3n) is 3.62.